The summed E-state index contributed by atoms with van der Waals surface area (Å²) >= 11 is 1.56. The molecular formula is C8H5F2IN2O4. The van der Waals surface area contributed by atoms with Gasteiger partial charge in [-0.2, -0.15) is 0 Å². The Morgan fingerprint density at radius 1 is 1.65 bits per heavy atom. The average Bonchev–Trinajstić information content (AvgIpc) is 2.19. The predicted molar refractivity (Wildman–Crippen MR) is 59.9 cm³/mol. The van der Waals surface area contributed by atoms with Crippen molar-refractivity contribution in [1.82, 2.24) is 4.98 Å². The van der Waals surface area contributed by atoms with E-state index in [4.69, 9.17) is 5.11 Å². The molecule has 0 aliphatic heterocycles. The Morgan fingerprint density at radius 3 is 2.65 bits per heavy atom. The number of alkyl halides is 2. The molecule has 92 valence electrons. The van der Waals surface area contributed by atoms with Crippen LogP contribution < -0.4 is 0 Å². The predicted octanol–water partition coefficient (Wildman–Crippen LogP) is 2.16. The minimum absolute atomic E-state index is 0.0194. The van der Waals surface area contributed by atoms with Gasteiger partial charge in [0, 0.05) is 11.6 Å². The molecule has 1 N–H and O–H groups in total. The highest BCUT2D eigenvalue weighted by Crippen LogP contribution is 2.29. The molecule has 1 rings (SSSR count). The van der Waals surface area contributed by atoms with Crippen LogP contribution in [0, 0.1) is 13.8 Å². The van der Waals surface area contributed by atoms with Gasteiger partial charge in [0.25, 0.3) is 12.1 Å². The van der Waals surface area contributed by atoms with E-state index in [9.17, 15) is 23.7 Å². The zero-order valence-corrected chi connectivity index (χ0v) is 10.2. The topological polar surface area (TPSA) is 93.3 Å². The molecular weight excluding hydrogens is 353 g/mol. The molecule has 0 bridgehead atoms. The van der Waals surface area contributed by atoms with E-state index in [1.54, 1.807) is 22.6 Å². The number of pyridine rings is 1. The molecule has 9 heteroatoms. The zero-order valence-electron chi connectivity index (χ0n) is 8.06. The summed E-state index contributed by atoms with van der Waals surface area (Å²) in [6.45, 7) is 0. The third kappa shape index (κ3) is 3.28. The molecule has 0 fully saturated rings. The molecule has 6 nitrogen and oxygen atoms in total. The van der Waals surface area contributed by atoms with Crippen LogP contribution in [0.1, 0.15) is 17.7 Å². The summed E-state index contributed by atoms with van der Waals surface area (Å²) in [4.78, 5) is 23.4. The maximum absolute atomic E-state index is 12.5. The number of halogens is 3. The number of hydrogen-bond donors (Lipinski definition) is 1. The molecule has 0 amide bonds. The molecule has 0 saturated heterocycles. The molecule has 0 atom stereocenters. The lowest BCUT2D eigenvalue weighted by atomic mass is 10.1. The lowest BCUT2D eigenvalue weighted by Crippen LogP contribution is -2.08. The van der Waals surface area contributed by atoms with Crippen LogP contribution in [0.2, 0.25) is 0 Å². The lowest BCUT2D eigenvalue weighted by Gasteiger charge is -2.05. The molecule has 0 aliphatic carbocycles. The fraction of sp³-hybridized carbons (Fsp3) is 0.250. The molecule has 0 radical (unpaired) electrons. The van der Waals surface area contributed by atoms with Crippen LogP contribution in [0.5, 0.6) is 0 Å². The fourth-order valence-electron chi connectivity index (χ4n) is 1.13. The van der Waals surface area contributed by atoms with Crippen molar-refractivity contribution in [3.05, 3.63) is 31.1 Å². The molecule has 0 saturated carbocycles. The minimum atomic E-state index is -3.08. The largest absolute Gasteiger partial charge is 0.481 e. The number of nitro groups is 1. The second-order valence-electron chi connectivity index (χ2n) is 2.97. The van der Waals surface area contributed by atoms with E-state index < -0.39 is 35.1 Å². The average molecular weight is 358 g/mol. The first-order valence-electron chi connectivity index (χ1n) is 4.16. The van der Waals surface area contributed by atoms with Crippen molar-refractivity contribution in [3.8, 4) is 0 Å². The van der Waals surface area contributed by atoms with Gasteiger partial charge < -0.3 is 5.11 Å². The second-order valence-corrected chi connectivity index (χ2v) is 3.99. The van der Waals surface area contributed by atoms with E-state index in [0.717, 1.165) is 6.07 Å². The SMILES string of the molecule is O=C(O)Cc1cc([N+](=O)[O-])c(C(F)F)nc1I. The van der Waals surface area contributed by atoms with Gasteiger partial charge >= 0.3 is 5.97 Å². The van der Waals surface area contributed by atoms with Crippen LogP contribution in [0.25, 0.3) is 0 Å². The number of nitrogens with zero attached hydrogens (tertiary/aromatic N) is 2. The first kappa shape index (κ1) is 13.7. The maximum atomic E-state index is 12.5. The van der Waals surface area contributed by atoms with E-state index >= 15 is 0 Å². The third-order valence-corrected chi connectivity index (χ3v) is 2.74. The maximum Gasteiger partial charge on any atom is 0.307 e. The molecule has 0 spiro atoms. The number of carbonyl (C=O) groups is 1. The number of rotatable bonds is 4. The second kappa shape index (κ2) is 5.29. The normalized spacial score (nSPS) is 10.6. The van der Waals surface area contributed by atoms with Gasteiger partial charge in [0.1, 0.15) is 3.70 Å². The highest BCUT2D eigenvalue weighted by Gasteiger charge is 2.26. The first-order valence-corrected chi connectivity index (χ1v) is 5.24. The molecule has 0 aromatic carbocycles. The summed E-state index contributed by atoms with van der Waals surface area (Å²) in [6.07, 6.45) is -3.59. The van der Waals surface area contributed by atoms with Crippen LogP contribution >= 0.6 is 22.6 Å². The van der Waals surface area contributed by atoms with E-state index in [0.29, 0.717) is 0 Å². The van der Waals surface area contributed by atoms with Crippen molar-refractivity contribution in [2.24, 2.45) is 0 Å². The van der Waals surface area contributed by atoms with E-state index in [1.807, 2.05) is 0 Å². The molecule has 1 heterocycles. The summed E-state index contributed by atoms with van der Waals surface area (Å²) < 4.78 is 25.0. The van der Waals surface area contributed by atoms with Gasteiger partial charge in [-0.05, 0) is 22.6 Å². The molecule has 1 aromatic rings. The van der Waals surface area contributed by atoms with E-state index in [2.05, 4.69) is 4.98 Å². The van der Waals surface area contributed by atoms with Crippen molar-refractivity contribution >= 4 is 34.2 Å². The lowest BCUT2D eigenvalue weighted by molar-refractivity contribution is -0.386. The van der Waals surface area contributed by atoms with Crippen molar-refractivity contribution in [3.63, 3.8) is 0 Å². The number of aliphatic carboxylic acids is 1. The van der Waals surface area contributed by atoms with Gasteiger partial charge in [-0.25, -0.2) is 13.8 Å². The smallest absolute Gasteiger partial charge is 0.307 e. The van der Waals surface area contributed by atoms with Gasteiger partial charge in [0.2, 0.25) is 0 Å². The Labute approximate surface area is 107 Å². The van der Waals surface area contributed by atoms with Crippen LogP contribution in [-0.2, 0) is 11.2 Å². The van der Waals surface area contributed by atoms with Crippen LogP contribution in [0.4, 0.5) is 14.5 Å². The van der Waals surface area contributed by atoms with Gasteiger partial charge in [0.15, 0.2) is 5.69 Å². The summed E-state index contributed by atoms with van der Waals surface area (Å²) in [7, 11) is 0. The fourth-order valence-corrected chi connectivity index (χ4v) is 1.73. The Morgan fingerprint density at radius 2 is 2.24 bits per heavy atom. The minimum Gasteiger partial charge on any atom is -0.481 e. The monoisotopic (exact) mass is 358 g/mol. The summed E-state index contributed by atoms with van der Waals surface area (Å²) in [6, 6.07) is 0.824. The van der Waals surface area contributed by atoms with Gasteiger partial charge in [0.05, 0.1) is 11.3 Å². The quantitative estimate of drug-likeness (QED) is 0.385. The van der Waals surface area contributed by atoms with Gasteiger partial charge in [-0.15, -0.1) is 0 Å². The summed E-state index contributed by atoms with van der Waals surface area (Å²) in [5, 5.41) is 19.1. The summed E-state index contributed by atoms with van der Waals surface area (Å²) in [5.74, 6) is -1.22. The van der Waals surface area contributed by atoms with Crippen molar-refractivity contribution < 1.29 is 23.6 Å². The zero-order chi connectivity index (χ0) is 13.2. The van der Waals surface area contributed by atoms with Crippen molar-refractivity contribution in [2.75, 3.05) is 0 Å². The number of carboxylic acids is 1. The van der Waals surface area contributed by atoms with Gasteiger partial charge in [-0.3, -0.25) is 14.9 Å². The first-order chi connectivity index (χ1) is 7.82. The Kier molecular flexibility index (Phi) is 4.26. The number of carboxylic acid groups (broad SMARTS) is 1. The van der Waals surface area contributed by atoms with Crippen molar-refractivity contribution in [1.29, 1.82) is 0 Å². The highest BCUT2D eigenvalue weighted by atomic mass is 127. The number of hydrogen-bond acceptors (Lipinski definition) is 4. The van der Waals surface area contributed by atoms with Crippen LogP contribution in [0.15, 0.2) is 6.07 Å². The molecule has 0 aliphatic rings. The van der Waals surface area contributed by atoms with Crippen molar-refractivity contribution in [2.45, 2.75) is 12.8 Å². The Hall–Kier alpha value is -1.39. The van der Waals surface area contributed by atoms with Crippen LogP contribution in [-0.4, -0.2) is 21.0 Å². The Balaban J connectivity index is 3.34. The molecule has 1 aromatic heterocycles. The van der Waals surface area contributed by atoms with Gasteiger partial charge in [-0.1, -0.05) is 0 Å². The molecule has 17 heavy (non-hydrogen) atoms. The van der Waals surface area contributed by atoms with E-state index in [1.165, 1.54) is 0 Å². The number of aromatic nitrogens is 1. The molecule has 0 unspecified atom stereocenters. The third-order valence-electron chi connectivity index (χ3n) is 1.80. The Bertz CT molecular complexity index is 481. The summed E-state index contributed by atoms with van der Waals surface area (Å²) in [5.41, 5.74) is -1.78. The van der Waals surface area contributed by atoms with E-state index in [-0.39, 0.29) is 9.26 Å². The van der Waals surface area contributed by atoms with Crippen LogP contribution in [0.3, 0.4) is 0 Å². The highest BCUT2D eigenvalue weighted by molar-refractivity contribution is 14.1. The standard InChI is InChI=1S/C8H5F2IN2O4/c9-7(10)6-4(13(16)17)1-3(2-5(14)15)8(11)12-6/h1,7H,2H2,(H,14,15).